The van der Waals surface area contributed by atoms with E-state index in [1.165, 1.54) is 24.6 Å². The monoisotopic (exact) mass is 320 g/mol. The third kappa shape index (κ3) is 3.12. The molecule has 0 fully saturated rings. The number of nitriles is 1. The molecule has 1 heterocycles. The maximum Gasteiger partial charge on any atom is 0.350 e. The Morgan fingerprint density at radius 3 is 2.86 bits per heavy atom. The molecule has 0 radical (unpaired) electrons. The first-order chi connectivity index (χ1) is 10.6. The van der Waals surface area contributed by atoms with Gasteiger partial charge in [-0.2, -0.15) is 5.26 Å². The van der Waals surface area contributed by atoms with E-state index in [2.05, 4.69) is 5.32 Å². The number of nitrogens with zero attached hydrogens (tertiary/aromatic N) is 1. The Kier molecular flexibility index (Phi) is 5.17. The number of carbonyl (C=O) groups excluding carboxylic acids is 2. The predicted octanol–water partition coefficient (Wildman–Crippen LogP) is 2.41. The van der Waals surface area contributed by atoms with Gasteiger partial charge in [0.2, 0.25) is 0 Å². The van der Waals surface area contributed by atoms with E-state index in [0.717, 1.165) is 29.7 Å². The van der Waals surface area contributed by atoms with Crippen molar-refractivity contribution in [3.63, 3.8) is 0 Å². The molecule has 1 aliphatic carbocycles. The summed E-state index contributed by atoms with van der Waals surface area (Å²) in [5.41, 5.74) is 1.35. The Morgan fingerprint density at radius 2 is 2.23 bits per heavy atom. The van der Waals surface area contributed by atoms with Crippen LogP contribution in [-0.4, -0.2) is 25.7 Å². The van der Waals surface area contributed by atoms with Crippen LogP contribution in [0.15, 0.2) is 11.8 Å². The molecule has 0 saturated heterocycles. The summed E-state index contributed by atoms with van der Waals surface area (Å²) in [7, 11) is 1.33. The number of hydrogen-bond acceptors (Lipinski definition) is 7. The van der Waals surface area contributed by atoms with Gasteiger partial charge in [-0.3, -0.25) is 0 Å². The first-order valence-electron chi connectivity index (χ1n) is 6.89. The molecule has 22 heavy (non-hydrogen) atoms. The Labute approximate surface area is 132 Å². The molecular formula is C15H16N2O4S. The Hall–Kier alpha value is -2.33. The minimum absolute atomic E-state index is 0.147. The third-order valence-corrected chi connectivity index (χ3v) is 4.50. The number of rotatable bonds is 5. The van der Waals surface area contributed by atoms with E-state index in [-0.39, 0.29) is 12.2 Å². The molecule has 6 nitrogen and oxygen atoms in total. The van der Waals surface area contributed by atoms with Crippen LogP contribution in [0, 0.1) is 11.3 Å². The second-order valence-electron chi connectivity index (χ2n) is 4.59. The summed E-state index contributed by atoms with van der Waals surface area (Å²) >= 11 is 1.45. The number of methoxy groups -OCH3 is 1. The molecule has 1 aromatic heterocycles. The minimum atomic E-state index is -0.693. The van der Waals surface area contributed by atoms with E-state index in [1.807, 2.05) is 0 Å². The number of esters is 2. The maximum atomic E-state index is 12.0. The average molecular weight is 320 g/mol. The molecular weight excluding hydrogens is 304 g/mol. The van der Waals surface area contributed by atoms with Crippen LogP contribution >= 0.6 is 11.3 Å². The van der Waals surface area contributed by atoms with E-state index >= 15 is 0 Å². The molecule has 0 saturated carbocycles. The highest BCUT2D eigenvalue weighted by Crippen LogP contribution is 2.39. The van der Waals surface area contributed by atoms with Crippen LogP contribution in [0.4, 0.5) is 5.00 Å². The van der Waals surface area contributed by atoms with Crippen LogP contribution in [0.25, 0.3) is 0 Å². The third-order valence-electron chi connectivity index (χ3n) is 3.27. The zero-order valence-electron chi connectivity index (χ0n) is 12.4. The van der Waals surface area contributed by atoms with Crippen LogP contribution in [-0.2, 0) is 27.1 Å². The standard InChI is InChI=1S/C15H16N2O4S/c1-3-21-14(18)9(7-16)8-17-13-12(15(19)20-2)10-5-4-6-11(10)22-13/h8,17H,3-6H2,1-2H3/b9-8+. The second-order valence-corrected chi connectivity index (χ2v) is 5.69. The topological polar surface area (TPSA) is 88.4 Å². The lowest BCUT2D eigenvalue weighted by Crippen LogP contribution is -2.09. The lowest BCUT2D eigenvalue weighted by atomic mass is 10.1. The fraction of sp³-hybridized carbons (Fsp3) is 0.400. The highest BCUT2D eigenvalue weighted by Gasteiger charge is 2.27. The van der Waals surface area contributed by atoms with Crippen LogP contribution in [0.3, 0.4) is 0 Å². The van der Waals surface area contributed by atoms with Gasteiger partial charge in [0.25, 0.3) is 0 Å². The van der Waals surface area contributed by atoms with Gasteiger partial charge in [0, 0.05) is 11.1 Å². The largest absolute Gasteiger partial charge is 0.465 e. The van der Waals surface area contributed by atoms with Crippen molar-refractivity contribution in [1.29, 1.82) is 5.26 Å². The number of hydrogen-bond donors (Lipinski definition) is 1. The first-order valence-corrected chi connectivity index (χ1v) is 7.70. The van der Waals surface area contributed by atoms with Gasteiger partial charge >= 0.3 is 11.9 Å². The predicted molar refractivity (Wildman–Crippen MR) is 81.6 cm³/mol. The molecule has 0 atom stereocenters. The first kappa shape index (κ1) is 16.0. The molecule has 2 rings (SSSR count). The van der Waals surface area contributed by atoms with E-state index in [1.54, 1.807) is 13.0 Å². The van der Waals surface area contributed by atoms with Crippen molar-refractivity contribution >= 4 is 28.3 Å². The summed E-state index contributed by atoms with van der Waals surface area (Å²) in [6.07, 6.45) is 4.06. The normalized spacial score (nSPS) is 13.2. The summed E-state index contributed by atoms with van der Waals surface area (Å²) in [5.74, 6) is -1.11. The number of ether oxygens (including phenoxy) is 2. The maximum absolute atomic E-state index is 12.0. The Bertz CT molecular complexity index is 670. The summed E-state index contributed by atoms with van der Waals surface area (Å²) < 4.78 is 9.62. The lowest BCUT2D eigenvalue weighted by molar-refractivity contribution is -0.138. The molecule has 0 aliphatic heterocycles. The fourth-order valence-corrected chi connectivity index (χ4v) is 3.55. The molecule has 0 bridgehead atoms. The van der Waals surface area contributed by atoms with Crippen molar-refractivity contribution in [2.45, 2.75) is 26.2 Å². The van der Waals surface area contributed by atoms with Crippen molar-refractivity contribution in [2.24, 2.45) is 0 Å². The SMILES string of the molecule is CCOC(=O)/C(C#N)=C/Nc1sc2c(c1C(=O)OC)CCC2. The van der Waals surface area contributed by atoms with Gasteiger partial charge in [-0.25, -0.2) is 9.59 Å². The summed E-state index contributed by atoms with van der Waals surface area (Å²) in [6.45, 7) is 1.86. The number of anilines is 1. The summed E-state index contributed by atoms with van der Waals surface area (Å²) in [4.78, 5) is 24.7. The highest BCUT2D eigenvalue weighted by molar-refractivity contribution is 7.16. The highest BCUT2D eigenvalue weighted by atomic mass is 32.1. The van der Waals surface area contributed by atoms with Gasteiger partial charge in [0.15, 0.2) is 5.57 Å². The van der Waals surface area contributed by atoms with Crippen molar-refractivity contribution in [1.82, 2.24) is 0 Å². The van der Waals surface area contributed by atoms with Crippen molar-refractivity contribution in [3.05, 3.63) is 27.8 Å². The molecule has 1 aromatic rings. The van der Waals surface area contributed by atoms with Gasteiger partial charge in [0.1, 0.15) is 11.1 Å². The smallest absolute Gasteiger partial charge is 0.350 e. The molecule has 0 amide bonds. The van der Waals surface area contributed by atoms with Gasteiger partial charge in [-0.15, -0.1) is 11.3 Å². The lowest BCUT2D eigenvalue weighted by Gasteiger charge is -2.05. The summed E-state index contributed by atoms with van der Waals surface area (Å²) in [5, 5.41) is 12.5. The van der Waals surface area contributed by atoms with Crippen LogP contribution < -0.4 is 5.32 Å². The van der Waals surface area contributed by atoms with Gasteiger partial charge in [0.05, 0.1) is 19.3 Å². The minimum Gasteiger partial charge on any atom is -0.465 e. The molecule has 1 aliphatic rings. The number of fused-ring (bicyclic) bond motifs is 1. The molecule has 0 aromatic carbocycles. The second kappa shape index (κ2) is 7.09. The van der Waals surface area contributed by atoms with Crippen LogP contribution in [0.1, 0.15) is 34.1 Å². The van der Waals surface area contributed by atoms with Gasteiger partial charge in [-0.05, 0) is 31.7 Å². The fourth-order valence-electron chi connectivity index (χ4n) is 2.31. The Balaban J connectivity index is 2.28. The van der Waals surface area contributed by atoms with Crippen molar-refractivity contribution < 1.29 is 19.1 Å². The number of thiophene rings is 1. The molecule has 0 spiro atoms. The van der Waals surface area contributed by atoms with Crippen LogP contribution in [0.5, 0.6) is 0 Å². The van der Waals surface area contributed by atoms with E-state index < -0.39 is 11.9 Å². The number of nitrogens with one attached hydrogen (secondary N) is 1. The zero-order chi connectivity index (χ0) is 16.1. The van der Waals surface area contributed by atoms with E-state index in [4.69, 9.17) is 14.7 Å². The average Bonchev–Trinajstić information content (AvgIpc) is 3.07. The van der Waals surface area contributed by atoms with Gasteiger partial charge in [-0.1, -0.05) is 0 Å². The van der Waals surface area contributed by atoms with E-state index in [9.17, 15) is 9.59 Å². The van der Waals surface area contributed by atoms with E-state index in [0.29, 0.717) is 10.6 Å². The molecule has 1 N–H and O–H groups in total. The molecule has 116 valence electrons. The molecule has 7 heteroatoms. The number of carbonyl (C=O) groups is 2. The van der Waals surface area contributed by atoms with Gasteiger partial charge < -0.3 is 14.8 Å². The quantitative estimate of drug-likeness (QED) is 0.509. The van der Waals surface area contributed by atoms with Crippen LogP contribution in [0.2, 0.25) is 0 Å². The summed E-state index contributed by atoms with van der Waals surface area (Å²) in [6, 6.07) is 1.78. The molecule has 0 unspecified atom stereocenters. The number of aryl methyl sites for hydroxylation is 1. The van der Waals surface area contributed by atoms with Crippen molar-refractivity contribution in [2.75, 3.05) is 19.0 Å². The van der Waals surface area contributed by atoms with Crippen molar-refractivity contribution in [3.8, 4) is 6.07 Å². The Morgan fingerprint density at radius 1 is 1.45 bits per heavy atom. The zero-order valence-corrected chi connectivity index (χ0v) is 13.2.